The van der Waals surface area contributed by atoms with Crippen molar-refractivity contribution in [2.75, 3.05) is 5.88 Å². The Morgan fingerprint density at radius 1 is 1.47 bits per heavy atom. The van der Waals surface area contributed by atoms with E-state index in [0.717, 1.165) is 16.5 Å². The smallest absolute Gasteiger partial charge is 0.127 e. The molecule has 3 heteroatoms. The Morgan fingerprint density at radius 2 is 2.13 bits per heavy atom. The van der Waals surface area contributed by atoms with Gasteiger partial charge in [-0.05, 0) is 36.0 Å². The molecule has 0 saturated heterocycles. The minimum atomic E-state index is -0.158. The van der Waals surface area contributed by atoms with Crippen molar-refractivity contribution in [3.63, 3.8) is 0 Å². The molecule has 1 atom stereocenters. The average Bonchev–Trinajstić information content (AvgIpc) is 2.22. The molecule has 0 aromatic heterocycles. The van der Waals surface area contributed by atoms with E-state index in [1.165, 1.54) is 6.07 Å². The lowest BCUT2D eigenvalue weighted by Crippen LogP contribution is -2.21. The molecule has 0 fully saturated rings. The Hall–Kier alpha value is -0.0800. The highest BCUT2D eigenvalue weighted by Gasteiger charge is 2.22. The Bertz CT molecular complexity index is 334. The third-order valence-electron chi connectivity index (χ3n) is 2.81. The van der Waals surface area contributed by atoms with Gasteiger partial charge in [0.25, 0.3) is 0 Å². The van der Waals surface area contributed by atoms with E-state index in [9.17, 15) is 4.39 Å². The SMILES string of the molecule is CCC(C)(CCl)Cc1ccc(Br)cc1F. The maximum Gasteiger partial charge on any atom is 0.127 e. The molecular weight excluding hydrogens is 278 g/mol. The lowest BCUT2D eigenvalue weighted by Gasteiger charge is -2.25. The first-order valence-corrected chi connectivity index (χ1v) is 6.33. The van der Waals surface area contributed by atoms with Crippen LogP contribution in [0.4, 0.5) is 4.39 Å². The van der Waals surface area contributed by atoms with Gasteiger partial charge in [-0.3, -0.25) is 0 Å². The first kappa shape index (κ1) is 13.0. The topological polar surface area (TPSA) is 0 Å². The first-order valence-electron chi connectivity index (χ1n) is 5.00. The third kappa shape index (κ3) is 3.46. The van der Waals surface area contributed by atoms with Crippen LogP contribution in [0.3, 0.4) is 0 Å². The molecule has 84 valence electrons. The lowest BCUT2D eigenvalue weighted by atomic mass is 9.83. The molecule has 0 aliphatic rings. The summed E-state index contributed by atoms with van der Waals surface area (Å²) in [5.41, 5.74) is 0.721. The van der Waals surface area contributed by atoms with Gasteiger partial charge in [-0.2, -0.15) is 0 Å². The second-order valence-corrected chi connectivity index (χ2v) is 5.39. The van der Waals surface area contributed by atoms with Gasteiger partial charge >= 0.3 is 0 Å². The monoisotopic (exact) mass is 292 g/mol. The molecule has 0 N–H and O–H groups in total. The summed E-state index contributed by atoms with van der Waals surface area (Å²) in [7, 11) is 0. The molecule has 0 aliphatic heterocycles. The van der Waals surface area contributed by atoms with E-state index in [2.05, 4.69) is 29.8 Å². The van der Waals surface area contributed by atoms with Gasteiger partial charge in [-0.25, -0.2) is 4.39 Å². The zero-order chi connectivity index (χ0) is 11.5. The van der Waals surface area contributed by atoms with Gasteiger partial charge in [-0.1, -0.05) is 35.8 Å². The number of halogens is 3. The van der Waals surface area contributed by atoms with Gasteiger partial charge in [0, 0.05) is 10.4 Å². The van der Waals surface area contributed by atoms with Crippen molar-refractivity contribution >= 4 is 27.5 Å². The molecule has 0 bridgehead atoms. The molecule has 1 rings (SSSR count). The second kappa shape index (κ2) is 5.31. The van der Waals surface area contributed by atoms with Crippen molar-refractivity contribution in [3.8, 4) is 0 Å². The molecule has 1 unspecified atom stereocenters. The first-order chi connectivity index (χ1) is 7.00. The number of hydrogen-bond donors (Lipinski definition) is 0. The van der Waals surface area contributed by atoms with Crippen molar-refractivity contribution in [2.24, 2.45) is 5.41 Å². The van der Waals surface area contributed by atoms with Gasteiger partial charge in [0.2, 0.25) is 0 Å². The highest BCUT2D eigenvalue weighted by molar-refractivity contribution is 9.10. The van der Waals surface area contributed by atoms with Crippen LogP contribution in [0.1, 0.15) is 25.8 Å². The molecule has 0 nitrogen and oxygen atoms in total. The van der Waals surface area contributed by atoms with E-state index in [1.807, 2.05) is 12.1 Å². The van der Waals surface area contributed by atoms with Crippen molar-refractivity contribution in [3.05, 3.63) is 34.1 Å². The summed E-state index contributed by atoms with van der Waals surface area (Å²) in [5.74, 6) is 0.396. The van der Waals surface area contributed by atoms with Crippen molar-refractivity contribution in [2.45, 2.75) is 26.7 Å². The summed E-state index contributed by atoms with van der Waals surface area (Å²) in [6.45, 7) is 4.17. The van der Waals surface area contributed by atoms with Crippen molar-refractivity contribution in [1.29, 1.82) is 0 Å². The number of benzene rings is 1. The van der Waals surface area contributed by atoms with Gasteiger partial charge in [0.05, 0.1) is 0 Å². The lowest BCUT2D eigenvalue weighted by molar-refractivity contribution is 0.350. The predicted octanol–water partition coefficient (Wildman–Crippen LogP) is 4.79. The van der Waals surface area contributed by atoms with Crippen LogP contribution in [-0.2, 0) is 6.42 Å². The number of hydrogen-bond acceptors (Lipinski definition) is 0. The molecule has 15 heavy (non-hydrogen) atoms. The number of alkyl halides is 1. The summed E-state index contributed by atoms with van der Waals surface area (Å²) in [5, 5.41) is 0. The highest BCUT2D eigenvalue weighted by Crippen LogP contribution is 2.29. The van der Waals surface area contributed by atoms with E-state index < -0.39 is 0 Å². The molecule has 1 aromatic carbocycles. The molecule has 0 heterocycles. The van der Waals surface area contributed by atoms with Crippen LogP contribution in [0.25, 0.3) is 0 Å². The van der Waals surface area contributed by atoms with Gasteiger partial charge in [0.1, 0.15) is 5.82 Å². The molecule has 0 radical (unpaired) electrons. The standard InChI is InChI=1S/C12H15BrClF/c1-3-12(2,8-14)7-9-4-5-10(13)6-11(9)15/h4-6H,3,7-8H2,1-2H3. The number of rotatable bonds is 4. The van der Waals surface area contributed by atoms with Crippen LogP contribution in [0.5, 0.6) is 0 Å². The quantitative estimate of drug-likeness (QED) is 0.700. The van der Waals surface area contributed by atoms with Crippen molar-refractivity contribution in [1.82, 2.24) is 0 Å². The van der Waals surface area contributed by atoms with Crippen LogP contribution in [0, 0.1) is 11.2 Å². The van der Waals surface area contributed by atoms with Crippen LogP contribution in [0.15, 0.2) is 22.7 Å². The zero-order valence-corrected chi connectivity index (χ0v) is 11.3. The molecule has 0 amide bonds. The fraction of sp³-hybridized carbons (Fsp3) is 0.500. The second-order valence-electron chi connectivity index (χ2n) is 4.21. The zero-order valence-electron chi connectivity index (χ0n) is 8.99. The maximum atomic E-state index is 13.6. The molecule has 0 saturated carbocycles. The fourth-order valence-corrected chi connectivity index (χ4v) is 2.01. The molecule has 0 spiro atoms. The van der Waals surface area contributed by atoms with Crippen LogP contribution < -0.4 is 0 Å². The van der Waals surface area contributed by atoms with E-state index in [1.54, 1.807) is 0 Å². The van der Waals surface area contributed by atoms with E-state index in [4.69, 9.17) is 11.6 Å². The average molecular weight is 294 g/mol. The largest absolute Gasteiger partial charge is 0.207 e. The Kier molecular flexibility index (Phi) is 4.60. The van der Waals surface area contributed by atoms with Crippen LogP contribution >= 0.6 is 27.5 Å². The minimum Gasteiger partial charge on any atom is -0.207 e. The highest BCUT2D eigenvalue weighted by atomic mass is 79.9. The Balaban J connectivity index is 2.89. The summed E-state index contributed by atoms with van der Waals surface area (Å²) in [6, 6.07) is 5.18. The normalized spacial score (nSPS) is 15.0. The van der Waals surface area contributed by atoms with Crippen LogP contribution in [-0.4, -0.2) is 5.88 Å². The maximum absolute atomic E-state index is 13.6. The molecule has 1 aromatic rings. The third-order valence-corrected chi connectivity index (χ3v) is 3.95. The minimum absolute atomic E-state index is 0.0176. The summed E-state index contributed by atoms with van der Waals surface area (Å²) in [4.78, 5) is 0. The summed E-state index contributed by atoms with van der Waals surface area (Å²) in [6.07, 6.45) is 1.64. The Morgan fingerprint density at radius 3 is 2.60 bits per heavy atom. The predicted molar refractivity (Wildman–Crippen MR) is 66.9 cm³/mol. The summed E-state index contributed by atoms with van der Waals surface area (Å²) >= 11 is 9.15. The summed E-state index contributed by atoms with van der Waals surface area (Å²) < 4.78 is 14.4. The van der Waals surface area contributed by atoms with Gasteiger partial charge < -0.3 is 0 Å². The molecule has 0 aliphatic carbocycles. The van der Waals surface area contributed by atoms with Gasteiger partial charge in [0.15, 0.2) is 0 Å². The Labute approximate surface area is 104 Å². The van der Waals surface area contributed by atoms with Gasteiger partial charge in [-0.15, -0.1) is 11.6 Å². The van der Waals surface area contributed by atoms with E-state index in [0.29, 0.717) is 12.3 Å². The van der Waals surface area contributed by atoms with Crippen molar-refractivity contribution < 1.29 is 4.39 Å². The van der Waals surface area contributed by atoms with E-state index >= 15 is 0 Å². The molecular formula is C12H15BrClF. The van der Waals surface area contributed by atoms with Crippen LogP contribution in [0.2, 0.25) is 0 Å². The van der Waals surface area contributed by atoms with E-state index in [-0.39, 0.29) is 11.2 Å². The fourth-order valence-electron chi connectivity index (χ4n) is 1.39.